The lowest BCUT2D eigenvalue weighted by Crippen LogP contribution is -2.31. The third-order valence-electron chi connectivity index (χ3n) is 4.19. The zero-order valence-electron chi connectivity index (χ0n) is 14.0. The van der Waals surface area contributed by atoms with E-state index < -0.39 is 10.8 Å². The minimum absolute atomic E-state index is 0.281. The van der Waals surface area contributed by atoms with E-state index in [2.05, 4.69) is 36.8 Å². The lowest BCUT2D eigenvalue weighted by atomic mass is 10.0. The Bertz CT molecular complexity index is 769. The number of nitrogens with zero attached hydrogens (tertiary/aromatic N) is 4. The third-order valence-corrected chi connectivity index (χ3v) is 5.31. The molecule has 3 rings (SSSR count). The van der Waals surface area contributed by atoms with Crippen molar-refractivity contribution in [2.45, 2.75) is 38.8 Å². The molecule has 1 aromatic rings. The van der Waals surface area contributed by atoms with Gasteiger partial charge in [0.1, 0.15) is 16.6 Å². The fraction of sp³-hybridized carbons (Fsp3) is 0.500. The van der Waals surface area contributed by atoms with Crippen LogP contribution in [0.3, 0.4) is 0 Å². The maximum atomic E-state index is 12.0. The van der Waals surface area contributed by atoms with Gasteiger partial charge in [0, 0.05) is 25.4 Å². The molecule has 0 aliphatic carbocycles. The van der Waals surface area contributed by atoms with Crippen LogP contribution in [-0.2, 0) is 17.8 Å². The monoisotopic (exact) mass is 318 g/mol. The molecule has 22 heavy (non-hydrogen) atoms. The standard InChI is InChI=1S/C16H22N4OS/c1-9-7-10(2)15-17-11(3)8-20(15)14(9)13-12(4)16(22(6)21)19(5)18-13/h7,11H,8H2,1-6H3. The molecule has 0 aromatic carbocycles. The first kappa shape index (κ1) is 15.2. The van der Waals surface area contributed by atoms with Gasteiger partial charge in [0.2, 0.25) is 0 Å². The van der Waals surface area contributed by atoms with Crippen LogP contribution in [0.5, 0.6) is 0 Å². The molecule has 2 atom stereocenters. The summed E-state index contributed by atoms with van der Waals surface area (Å²) in [6.07, 6.45) is 3.87. The third kappa shape index (κ3) is 2.17. The molecule has 0 bridgehead atoms. The summed E-state index contributed by atoms with van der Waals surface area (Å²) in [7, 11) is 0.802. The first-order valence-corrected chi connectivity index (χ1v) is 8.99. The van der Waals surface area contributed by atoms with Crippen molar-refractivity contribution < 1.29 is 4.21 Å². The molecule has 2 aliphatic rings. The SMILES string of the molecule is CC1=CC(C)=C(c2nn(C)c(S(C)=O)c2C)N2CC(C)N=C12. The molecule has 6 heteroatoms. The number of fused-ring (bicyclic) bond motifs is 1. The van der Waals surface area contributed by atoms with Crippen molar-refractivity contribution in [1.82, 2.24) is 14.7 Å². The Morgan fingerprint density at radius 3 is 2.59 bits per heavy atom. The summed E-state index contributed by atoms with van der Waals surface area (Å²) in [6, 6.07) is 0.281. The molecule has 0 fully saturated rings. The van der Waals surface area contributed by atoms with Gasteiger partial charge in [-0.1, -0.05) is 6.08 Å². The van der Waals surface area contributed by atoms with Crippen molar-refractivity contribution in [3.63, 3.8) is 0 Å². The van der Waals surface area contributed by atoms with Crippen molar-refractivity contribution in [2.24, 2.45) is 12.0 Å². The van der Waals surface area contributed by atoms with Crippen LogP contribution >= 0.6 is 0 Å². The van der Waals surface area contributed by atoms with Crippen LogP contribution in [-0.4, -0.2) is 43.6 Å². The van der Waals surface area contributed by atoms with Gasteiger partial charge in [-0.05, 0) is 38.8 Å². The molecule has 0 spiro atoms. The Labute approximate surface area is 133 Å². The molecule has 0 saturated heterocycles. The van der Waals surface area contributed by atoms with Crippen LogP contribution in [0.25, 0.3) is 5.70 Å². The smallest absolute Gasteiger partial charge is 0.131 e. The normalized spacial score (nSPS) is 22.6. The average Bonchev–Trinajstić information content (AvgIpc) is 2.91. The molecule has 118 valence electrons. The number of aromatic nitrogens is 2. The van der Waals surface area contributed by atoms with Crippen LogP contribution in [0.1, 0.15) is 32.0 Å². The summed E-state index contributed by atoms with van der Waals surface area (Å²) in [5.74, 6) is 1.04. The van der Waals surface area contributed by atoms with Crippen LogP contribution in [0.15, 0.2) is 27.2 Å². The Morgan fingerprint density at radius 1 is 1.32 bits per heavy atom. The lowest BCUT2D eigenvalue weighted by molar-refractivity contribution is 0.568. The van der Waals surface area contributed by atoms with Gasteiger partial charge >= 0.3 is 0 Å². The number of aryl methyl sites for hydroxylation is 1. The van der Waals surface area contributed by atoms with Crippen LogP contribution < -0.4 is 0 Å². The fourth-order valence-electron chi connectivity index (χ4n) is 3.41. The van der Waals surface area contributed by atoms with Crippen molar-refractivity contribution in [3.8, 4) is 0 Å². The highest BCUT2D eigenvalue weighted by Crippen LogP contribution is 2.35. The quantitative estimate of drug-likeness (QED) is 0.840. The second-order valence-corrected chi connectivity index (χ2v) is 7.42. The first-order chi connectivity index (χ1) is 10.3. The second-order valence-electron chi connectivity index (χ2n) is 6.13. The van der Waals surface area contributed by atoms with Gasteiger partial charge in [-0.3, -0.25) is 13.9 Å². The summed E-state index contributed by atoms with van der Waals surface area (Å²) in [4.78, 5) is 7.00. The molecule has 2 aliphatic heterocycles. The van der Waals surface area contributed by atoms with Crippen molar-refractivity contribution in [3.05, 3.63) is 28.5 Å². The summed E-state index contributed by atoms with van der Waals surface area (Å²) < 4.78 is 13.7. The average molecular weight is 318 g/mol. The van der Waals surface area contributed by atoms with Crippen molar-refractivity contribution in [2.75, 3.05) is 12.8 Å². The highest BCUT2D eigenvalue weighted by molar-refractivity contribution is 7.84. The van der Waals surface area contributed by atoms with Gasteiger partial charge in [0.25, 0.3) is 0 Å². The highest BCUT2D eigenvalue weighted by Gasteiger charge is 2.33. The summed E-state index contributed by atoms with van der Waals surface area (Å²) in [5, 5.41) is 5.44. The van der Waals surface area contributed by atoms with Gasteiger partial charge in [-0.2, -0.15) is 5.10 Å². The van der Waals surface area contributed by atoms with Crippen molar-refractivity contribution in [1.29, 1.82) is 0 Å². The number of hydrogen-bond acceptors (Lipinski definition) is 4. The number of amidine groups is 1. The predicted molar refractivity (Wildman–Crippen MR) is 90.2 cm³/mol. The van der Waals surface area contributed by atoms with Gasteiger partial charge in [0.05, 0.1) is 22.5 Å². The molecule has 0 amide bonds. The molecule has 1 aromatic heterocycles. The predicted octanol–water partition coefficient (Wildman–Crippen LogP) is 2.26. The zero-order chi connectivity index (χ0) is 16.2. The number of rotatable bonds is 2. The van der Waals surface area contributed by atoms with E-state index in [1.165, 1.54) is 11.1 Å². The van der Waals surface area contributed by atoms with E-state index in [9.17, 15) is 4.21 Å². The van der Waals surface area contributed by atoms with E-state index in [0.717, 1.165) is 34.4 Å². The Kier molecular flexibility index (Phi) is 3.59. The number of aliphatic imine (C=N–C) groups is 1. The molecule has 5 nitrogen and oxygen atoms in total. The fourth-order valence-corrected chi connectivity index (χ4v) is 4.35. The molecule has 0 saturated carbocycles. The lowest BCUT2D eigenvalue weighted by Gasteiger charge is -2.29. The van der Waals surface area contributed by atoms with Gasteiger partial charge < -0.3 is 4.90 Å². The van der Waals surface area contributed by atoms with Gasteiger partial charge in [0.15, 0.2) is 0 Å². The number of hydrogen-bond donors (Lipinski definition) is 0. The van der Waals surface area contributed by atoms with Crippen LogP contribution in [0, 0.1) is 6.92 Å². The Hall–Kier alpha value is -1.69. The Balaban J connectivity index is 2.20. The molecule has 0 N–H and O–H groups in total. The summed E-state index contributed by atoms with van der Waals surface area (Å²) >= 11 is 0. The highest BCUT2D eigenvalue weighted by atomic mass is 32.2. The van der Waals surface area contributed by atoms with Gasteiger partial charge in [-0.25, -0.2) is 0 Å². The topological polar surface area (TPSA) is 50.5 Å². The maximum absolute atomic E-state index is 12.0. The summed E-state index contributed by atoms with van der Waals surface area (Å²) in [6.45, 7) is 9.20. The molecule has 0 radical (unpaired) electrons. The molecule has 2 unspecified atom stereocenters. The first-order valence-electron chi connectivity index (χ1n) is 7.43. The number of allylic oxidation sites excluding steroid dienone is 2. The second kappa shape index (κ2) is 5.19. The Morgan fingerprint density at radius 2 is 2.00 bits per heavy atom. The minimum Gasteiger partial charge on any atom is -0.322 e. The van der Waals surface area contributed by atoms with Gasteiger partial charge in [-0.15, -0.1) is 0 Å². The van der Waals surface area contributed by atoms with E-state index >= 15 is 0 Å². The van der Waals surface area contributed by atoms with E-state index in [0.29, 0.717) is 0 Å². The minimum atomic E-state index is -1.05. The molecular formula is C16H22N4OS. The van der Waals surface area contributed by atoms with E-state index in [1.54, 1.807) is 10.9 Å². The van der Waals surface area contributed by atoms with Crippen molar-refractivity contribution >= 4 is 22.3 Å². The van der Waals surface area contributed by atoms with E-state index in [4.69, 9.17) is 4.99 Å². The molecular weight excluding hydrogens is 296 g/mol. The largest absolute Gasteiger partial charge is 0.322 e. The molecule has 3 heterocycles. The van der Waals surface area contributed by atoms with Crippen LogP contribution in [0.4, 0.5) is 0 Å². The summed E-state index contributed by atoms with van der Waals surface area (Å²) in [5.41, 5.74) is 5.37. The zero-order valence-corrected chi connectivity index (χ0v) is 14.8. The maximum Gasteiger partial charge on any atom is 0.131 e. The van der Waals surface area contributed by atoms with E-state index in [-0.39, 0.29) is 6.04 Å². The van der Waals surface area contributed by atoms with E-state index in [1.807, 2.05) is 14.0 Å². The van der Waals surface area contributed by atoms with Crippen LogP contribution in [0.2, 0.25) is 0 Å².